The van der Waals surface area contributed by atoms with Gasteiger partial charge in [0.2, 0.25) is 0 Å². The van der Waals surface area contributed by atoms with Crippen LogP contribution in [0.2, 0.25) is 0 Å². The summed E-state index contributed by atoms with van der Waals surface area (Å²) in [5, 5.41) is 3.28. The second-order valence-electron chi connectivity index (χ2n) is 3.94. The maximum atomic E-state index is 11.2. The van der Waals surface area contributed by atoms with E-state index in [-0.39, 0.29) is 6.10 Å². The van der Waals surface area contributed by atoms with E-state index in [2.05, 4.69) is 15.0 Å². The second kappa shape index (κ2) is 5.63. The van der Waals surface area contributed by atoms with Crippen LogP contribution >= 0.6 is 0 Å². The number of carbonyl (C=O) groups excluding carboxylic acids is 1. The standard InChI is InChI=1S/C12H16N2O3/c1-16-12(15)11-3-2-10(8-14-11)17-9-4-6-13-7-5-9/h2-3,8-9,13H,4-7H2,1H3. The molecule has 1 aromatic rings. The quantitative estimate of drug-likeness (QED) is 0.793. The summed E-state index contributed by atoms with van der Waals surface area (Å²) in [7, 11) is 1.34. The summed E-state index contributed by atoms with van der Waals surface area (Å²) < 4.78 is 10.3. The third kappa shape index (κ3) is 3.17. The number of pyridine rings is 1. The van der Waals surface area contributed by atoms with E-state index in [9.17, 15) is 4.79 Å². The molecular weight excluding hydrogens is 220 g/mol. The molecule has 0 aliphatic carbocycles. The van der Waals surface area contributed by atoms with Crippen molar-refractivity contribution in [2.45, 2.75) is 18.9 Å². The summed E-state index contributed by atoms with van der Waals surface area (Å²) in [6, 6.07) is 3.36. The number of methoxy groups -OCH3 is 1. The van der Waals surface area contributed by atoms with E-state index < -0.39 is 5.97 Å². The molecule has 17 heavy (non-hydrogen) atoms. The van der Waals surface area contributed by atoms with Crippen molar-refractivity contribution >= 4 is 5.97 Å². The summed E-state index contributed by atoms with van der Waals surface area (Å²) in [5.41, 5.74) is 0.296. The first-order valence-corrected chi connectivity index (χ1v) is 5.71. The zero-order chi connectivity index (χ0) is 12.1. The van der Waals surface area contributed by atoms with Gasteiger partial charge < -0.3 is 14.8 Å². The van der Waals surface area contributed by atoms with Gasteiger partial charge in [0, 0.05) is 0 Å². The van der Waals surface area contributed by atoms with Crippen LogP contribution in [-0.2, 0) is 4.74 Å². The summed E-state index contributed by atoms with van der Waals surface area (Å²) in [6.07, 6.45) is 3.80. The minimum Gasteiger partial charge on any atom is -0.489 e. The van der Waals surface area contributed by atoms with E-state index in [4.69, 9.17) is 4.74 Å². The Bertz CT molecular complexity index is 372. The molecule has 1 N–H and O–H groups in total. The van der Waals surface area contributed by atoms with Gasteiger partial charge in [-0.05, 0) is 38.1 Å². The molecule has 5 heteroatoms. The molecule has 0 spiro atoms. The third-order valence-electron chi connectivity index (χ3n) is 2.72. The van der Waals surface area contributed by atoms with Crippen molar-refractivity contribution in [1.29, 1.82) is 0 Å². The number of piperidine rings is 1. The zero-order valence-electron chi connectivity index (χ0n) is 9.81. The topological polar surface area (TPSA) is 60.5 Å². The van der Waals surface area contributed by atoms with Gasteiger partial charge in [-0.3, -0.25) is 0 Å². The van der Waals surface area contributed by atoms with E-state index >= 15 is 0 Å². The van der Waals surface area contributed by atoms with E-state index in [1.54, 1.807) is 18.3 Å². The van der Waals surface area contributed by atoms with E-state index in [0.717, 1.165) is 25.9 Å². The van der Waals surface area contributed by atoms with Gasteiger partial charge in [-0.15, -0.1) is 0 Å². The normalized spacial score (nSPS) is 16.5. The van der Waals surface area contributed by atoms with Crippen molar-refractivity contribution in [1.82, 2.24) is 10.3 Å². The molecule has 0 saturated carbocycles. The highest BCUT2D eigenvalue weighted by molar-refractivity contribution is 5.87. The Labute approximate surface area is 100 Å². The second-order valence-corrected chi connectivity index (χ2v) is 3.94. The minimum absolute atomic E-state index is 0.238. The number of carbonyl (C=O) groups is 1. The predicted octanol–water partition coefficient (Wildman–Crippen LogP) is 0.999. The molecule has 1 aliphatic rings. The Hall–Kier alpha value is -1.62. The molecule has 2 heterocycles. The number of nitrogens with zero attached hydrogens (tertiary/aromatic N) is 1. The molecule has 1 aromatic heterocycles. The van der Waals surface area contributed by atoms with Gasteiger partial charge in [0.25, 0.3) is 0 Å². The molecule has 2 rings (SSSR count). The summed E-state index contributed by atoms with van der Waals surface area (Å²) >= 11 is 0. The fraction of sp³-hybridized carbons (Fsp3) is 0.500. The smallest absolute Gasteiger partial charge is 0.356 e. The molecule has 1 fully saturated rings. The molecule has 0 bridgehead atoms. The molecule has 0 radical (unpaired) electrons. The van der Waals surface area contributed by atoms with Gasteiger partial charge in [-0.2, -0.15) is 0 Å². The van der Waals surface area contributed by atoms with Gasteiger partial charge in [0.05, 0.1) is 13.3 Å². The molecule has 1 saturated heterocycles. The Morgan fingerprint density at radius 1 is 1.41 bits per heavy atom. The van der Waals surface area contributed by atoms with Crippen molar-refractivity contribution in [2.24, 2.45) is 0 Å². The van der Waals surface area contributed by atoms with Crippen molar-refractivity contribution in [3.63, 3.8) is 0 Å². The summed E-state index contributed by atoms with van der Waals surface area (Å²) in [4.78, 5) is 15.2. The van der Waals surface area contributed by atoms with E-state index in [1.807, 2.05) is 0 Å². The fourth-order valence-electron chi connectivity index (χ4n) is 1.78. The van der Waals surface area contributed by atoms with Crippen LogP contribution < -0.4 is 10.1 Å². The van der Waals surface area contributed by atoms with Crippen LogP contribution in [0, 0.1) is 0 Å². The van der Waals surface area contributed by atoms with E-state index in [0.29, 0.717) is 11.4 Å². The van der Waals surface area contributed by atoms with Crippen LogP contribution in [0.5, 0.6) is 5.75 Å². The molecule has 92 valence electrons. The lowest BCUT2D eigenvalue weighted by Gasteiger charge is -2.23. The van der Waals surface area contributed by atoms with Crippen molar-refractivity contribution < 1.29 is 14.3 Å². The number of nitrogens with one attached hydrogen (secondary N) is 1. The highest BCUT2D eigenvalue weighted by Crippen LogP contribution is 2.15. The van der Waals surface area contributed by atoms with Gasteiger partial charge in [-0.25, -0.2) is 9.78 Å². The first-order chi connectivity index (χ1) is 8.29. The number of ether oxygens (including phenoxy) is 2. The number of aromatic nitrogens is 1. The summed E-state index contributed by atoms with van der Waals surface area (Å²) in [6.45, 7) is 1.97. The third-order valence-corrected chi connectivity index (χ3v) is 2.72. The molecule has 5 nitrogen and oxygen atoms in total. The number of hydrogen-bond acceptors (Lipinski definition) is 5. The van der Waals surface area contributed by atoms with Crippen LogP contribution in [-0.4, -0.2) is 37.3 Å². The van der Waals surface area contributed by atoms with Gasteiger partial charge in [-0.1, -0.05) is 0 Å². The monoisotopic (exact) mass is 236 g/mol. The average molecular weight is 236 g/mol. The summed E-state index contributed by atoms with van der Waals surface area (Å²) in [5.74, 6) is 0.267. The molecule has 0 aromatic carbocycles. The number of esters is 1. The molecule has 0 amide bonds. The highest BCUT2D eigenvalue weighted by atomic mass is 16.5. The van der Waals surface area contributed by atoms with E-state index in [1.165, 1.54) is 7.11 Å². The largest absolute Gasteiger partial charge is 0.489 e. The molecule has 1 aliphatic heterocycles. The van der Waals surface area contributed by atoms with Crippen LogP contribution in [0.1, 0.15) is 23.3 Å². The Balaban J connectivity index is 1.95. The number of hydrogen-bond donors (Lipinski definition) is 1. The van der Waals surface area contributed by atoms with Gasteiger partial charge in [0.15, 0.2) is 0 Å². The molecule has 0 atom stereocenters. The molecular formula is C12H16N2O3. The highest BCUT2D eigenvalue weighted by Gasteiger charge is 2.15. The fourth-order valence-corrected chi connectivity index (χ4v) is 1.78. The lowest BCUT2D eigenvalue weighted by molar-refractivity contribution is 0.0594. The van der Waals surface area contributed by atoms with Crippen molar-refractivity contribution in [3.8, 4) is 5.75 Å². The van der Waals surface area contributed by atoms with Gasteiger partial charge >= 0.3 is 5.97 Å². The Kier molecular flexibility index (Phi) is 3.93. The zero-order valence-corrected chi connectivity index (χ0v) is 9.81. The Morgan fingerprint density at radius 3 is 2.76 bits per heavy atom. The van der Waals surface area contributed by atoms with Crippen LogP contribution in [0.4, 0.5) is 0 Å². The lowest BCUT2D eigenvalue weighted by atomic mass is 10.1. The maximum absolute atomic E-state index is 11.2. The first-order valence-electron chi connectivity index (χ1n) is 5.71. The van der Waals surface area contributed by atoms with Gasteiger partial charge in [0.1, 0.15) is 17.5 Å². The Morgan fingerprint density at radius 2 is 2.18 bits per heavy atom. The van der Waals surface area contributed by atoms with Crippen LogP contribution in [0.3, 0.4) is 0 Å². The first kappa shape index (κ1) is 11.9. The van der Waals surface area contributed by atoms with Crippen molar-refractivity contribution in [3.05, 3.63) is 24.0 Å². The van der Waals surface area contributed by atoms with Crippen LogP contribution in [0.15, 0.2) is 18.3 Å². The van der Waals surface area contributed by atoms with Crippen molar-refractivity contribution in [2.75, 3.05) is 20.2 Å². The minimum atomic E-state index is -0.432. The predicted molar refractivity (Wildman–Crippen MR) is 62.1 cm³/mol. The number of rotatable bonds is 3. The SMILES string of the molecule is COC(=O)c1ccc(OC2CCNCC2)cn1. The average Bonchev–Trinajstić information content (AvgIpc) is 2.40. The maximum Gasteiger partial charge on any atom is 0.356 e. The molecule has 0 unspecified atom stereocenters. The van der Waals surface area contributed by atoms with Crippen LogP contribution in [0.25, 0.3) is 0 Å². The lowest BCUT2D eigenvalue weighted by Crippen LogP contribution is -2.34.